The first-order chi connectivity index (χ1) is 30.2. The van der Waals surface area contributed by atoms with E-state index in [9.17, 15) is 14.0 Å². The number of alkyl halides is 1. The Labute approximate surface area is 363 Å². The zero-order valence-corrected chi connectivity index (χ0v) is 35.8. The minimum Gasteiger partial charge on any atom is -0.490 e. The lowest BCUT2D eigenvalue weighted by molar-refractivity contribution is -0.144. The molecule has 1 aliphatic carbocycles. The molecule has 6 aromatic rings. The molecular formula is C52H55FN4O5. The molecule has 4 aliphatic rings. The minimum absolute atomic E-state index is 0.0602. The van der Waals surface area contributed by atoms with E-state index < -0.39 is 18.4 Å². The summed E-state index contributed by atoms with van der Waals surface area (Å²) >= 11 is 0. The maximum absolute atomic E-state index is 14.8. The van der Waals surface area contributed by atoms with E-state index in [-0.39, 0.29) is 24.6 Å². The van der Waals surface area contributed by atoms with Crippen molar-refractivity contribution in [2.75, 3.05) is 26.2 Å². The van der Waals surface area contributed by atoms with E-state index in [4.69, 9.17) is 14.2 Å². The molecule has 10 rings (SSSR count). The van der Waals surface area contributed by atoms with Gasteiger partial charge in [-0.05, 0) is 116 Å². The second-order valence-corrected chi connectivity index (χ2v) is 17.3. The van der Waals surface area contributed by atoms with E-state index in [0.717, 1.165) is 83.9 Å². The highest BCUT2D eigenvalue weighted by Crippen LogP contribution is 2.35. The third-order valence-electron chi connectivity index (χ3n) is 13.0. The van der Waals surface area contributed by atoms with Crippen LogP contribution in [0.2, 0.25) is 0 Å². The number of aryl methyl sites for hydroxylation is 2. The van der Waals surface area contributed by atoms with Gasteiger partial charge in [-0.3, -0.25) is 19.6 Å². The van der Waals surface area contributed by atoms with Crippen LogP contribution in [0.25, 0.3) is 44.1 Å². The fourth-order valence-corrected chi connectivity index (χ4v) is 9.32. The quantitative estimate of drug-likeness (QED) is 0.151. The van der Waals surface area contributed by atoms with Crippen LogP contribution in [0, 0.1) is 19.8 Å². The summed E-state index contributed by atoms with van der Waals surface area (Å²) in [6.45, 7) is 8.33. The lowest BCUT2D eigenvalue weighted by Gasteiger charge is -2.37. The molecule has 320 valence electrons. The van der Waals surface area contributed by atoms with Crippen molar-refractivity contribution in [2.24, 2.45) is 5.92 Å². The lowest BCUT2D eigenvalue weighted by Crippen LogP contribution is -2.51. The van der Waals surface area contributed by atoms with E-state index in [2.05, 4.69) is 96.3 Å². The molecule has 0 bridgehead atoms. The number of hydrogen-bond donors (Lipinski definition) is 0. The summed E-state index contributed by atoms with van der Waals surface area (Å²) in [5.74, 6) is 2.09. The van der Waals surface area contributed by atoms with Crippen LogP contribution in [0.5, 0.6) is 11.5 Å². The van der Waals surface area contributed by atoms with E-state index in [1.165, 1.54) is 22.1 Å². The Bertz CT molecular complexity index is 2540. The topological polar surface area (TPSA) is 94.1 Å². The van der Waals surface area contributed by atoms with Gasteiger partial charge in [0.1, 0.15) is 29.8 Å². The second-order valence-electron chi connectivity index (χ2n) is 17.3. The summed E-state index contributed by atoms with van der Waals surface area (Å²) in [5, 5.41) is 2.28. The van der Waals surface area contributed by atoms with E-state index in [1.54, 1.807) is 4.90 Å². The average molecular weight is 835 g/mol. The van der Waals surface area contributed by atoms with Crippen molar-refractivity contribution in [3.05, 3.63) is 121 Å². The molecule has 5 atom stereocenters. The van der Waals surface area contributed by atoms with Crippen molar-refractivity contribution >= 4 is 33.6 Å². The molecular weight excluding hydrogens is 780 g/mol. The van der Waals surface area contributed by atoms with Gasteiger partial charge < -0.3 is 24.0 Å². The van der Waals surface area contributed by atoms with Gasteiger partial charge in [-0.15, -0.1) is 0 Å². The summed E-state index contributed by atoms with van der Waals surface area (Å²) in [4.78, 5) is 37.6. The predicted molar refractivity (Wildman–Crippen MR) is 241 cm³/mol. The maximum Gasteiger partial charge on any atom is 0.251 e. The number of carbonyl (C=O) groups is 2. The fraction of sp³-hybridized carbons (Fsp3) is 0.385. The number of nitrogens with zero attached hydrogens (tertiary/aromatic N) is 4. The first-order valence-corrected chi connectivity index (χ1v) is 22.3. The number of benzene rings is 4. The summed E-state index contributed by atoms with van der Waals surface area (Å²) in [5.41, 5.74) is 8.93. The number of rotatable bonds is 8. The van der Waals surface area contributed by atoms with E-state index >= 15 is 0 Å². The number of ether oxygens (including phenoxy) is 3. The summed E-state index contributed by atoms with van der Waals surface area (Å²) in [7, 11) is 0. The largest absolute Gasteiger partial charge is 0.490 e. The zero-order valence-electron chi connectivity index (χ0n) is 35.8. The number of fused-ring (bicyclic) bond motifs is 2. The molecule has 10 heteroatoms. The van der Waals surface area contributed by atoms with Gasteiger partial charge in [-0.2, -0.15) is 0 Å². The number of aromatic nitrogens is 2. The maximum atomic E-state index is 14.8. The number of pyridine rings is 2. The summed E-state index contributed by atoms with van der Waals surface area (Å²) < 4.78 is 32.5. The highest BCUT2D eigenvalue weighted by molar-refractivity contribution is 5.89. The Hall–Kier alpha value is -5.87. The van der Waals surface area contributed by atoms with Gasteiger partial charge in [0.25, 0.3) is 5.91 Å². The third kappa shape index (κ3) is 9.02. The molecule has 5 heterocycles. The van der Waals surface area contributed by atoms with Crippen molar-refractivity contribution in [3.8, 4) is 33.8 Å². The monoisotopic (exact) mass is 834 g/mol. The number of carbonyl (C=O) groups excluding carboxylic acids is 2. The van der Waals surface area contributed by atoms with Crippen LogP contribution in [-0.2, 0) is 14.3 Å². The van der Waals surface area contributed by atoms with Crippen molar-refractivity contribution < 1.29 is 28.2 Å². The zero-order chi connectivity index (χ0) is 42.7. The van der Waals surface area contributed by atoms with Gasteiger partial charge >= 0.3 is 0 Å². The number of halogens is 1. The first-order valence-electron chi connectivity index (χ1n) is 22.3. The highest BCUT2D eigenvalue weighted by atomic mass is 19.1. The van der Waals surface area contributed by atoms with E-state index in [0.29, 0.717) is 37.1 Å². The predicted octanol–water partition coefficient (Wildman–Crippen LogP) is 10.1. The molecule has 9 nitrogen and oxygen atoms in total. The van der Waals surface area contributed by atoms with Crippen LogP contribution < -0.4 is 9.47 Å². The average Bonchev–Trinajstić information content (AvgIpc) is 4.01. The van der Waals surface area contributed by atoms with Gasteiger partial charge in [0.2, 0.25) is 5.91 Å². The molecule has 1 saturated carbocycles. The third-order valence-corrected chi connectivity index (χ3v) is 13.0. The number of hydrogen-bond acceptors (Lipinski definition) is 7. The van der Waals surface area contributed by atoms with Gasteiger partial charge in [0, 0.05) is 74.1 Å². The standard InChI is InChI=1S/C26H27FN2O3.C26H28N2O2/c1-17-21(11-8-19-4-2-13-28-25(17)19)18-6-9-20(10-7-18)32-23-12-14-29(16-22(23)27)26(30)24-5-3-15-31-24;1-17-16-23(13-15-28(17)26(29)21-5-6-21)30-22-10-7-19(8-11-22)24-12-9-20-4-3-14-27-25(20)18(24)2/h2,4,6-11,13,22-24H,3,5,12,14-16H2,1H3;3-4,7-12,14,17,21,23H,5-6,13,15-16H2,1-2H3. The van der Waals surface area contributed by atoms with Crippen LogP contribution in [0.3, 0.4) is 0 Å². The summed E-state index contributed by atoms with van der Waals surface area (Å²) in [6, 6.07) is 32.9. The SMILES string of the molecule is Cc1c(-c2ccc(OC3CCN(C(=O)C4CC4)C(C)C3)cc2)ccc2cccnc12.Cc1c(-c2ccc(OC3CCN(C(=O)C4CCCO4)CC3F)cc2)ccc2cccnc12. The smallest absolute Gasteiger partial charge is 0.251 e. The van der Waals surface area contributed by atoms with Gasteiger partial charge in [-0.1, -0.05) is 60.7 Å². The van der Waals surface area contributed by atoms with E-state index in [1.807, 2.05) is 48.8 Å². The normalized spacial score (nSPS) is 22.5. The number of likely N-dealkylation sites (tertiary alicyclic amines) is 2. The Morgan fingerprint density at radius 2 is 1.29 bits per heavy atom. The van der Waals surface area contributed by atoms with Crippen molar-refractivity contribution in [3.63, 3.8) is 0 Å². The van der Waals surface area contributed by atoms with Crippen LogP contribution in [0.4, 0.5) is 4.39 Å². The molecule has 2 aromatic heterocycles. The van der Waals surface area contributed by atoms with Crippen LogP contribution in [0.15, 0.2) is 109 Å². The Balaban J connectivity index is 0.000000158. The van der Waals surface area contributed by atoms with Crippen LogP contribution in [0.1, 0.15) is 63.0 Å². The number of amides is 2. The molecule has 0 radical (unpaired) electrons. The molecule has 4 fully saturated rings. The molecule has 3 saturated heterocycles. The number of piperidine rings is 2. The lowest BCUT2D eigenvalue weighted by atomic mass is 9.97. The van der Waals surface area contributed by atoms with Crippen molar-refractivity contribution in [1.29, 1.82) is 0 Å². The van der Waals surface area contributed by atoms with Crippen molar-refractivity contribution in [2.45, 2.75) is 96.2 Å². The van der Waals surface area contributed by atoms with Gasteiger partial charge in [0.15, 0.2) is 6.17 Å². The van der Waals surface area contributed by atoms with Crippen molar-refractivity contribution in [1.82, 2.24) is 19.8 Å². The fourth-order valence-electron chi connectivity index (χ4n) is 9.32. The van der Waals surface area contributed by atoms with Crippen LogP contribution >= 0.6 is 0 Å². The van der Waals surface area contributed by atoms with Gasteiger partial charge in [-0.25, -0.2) is 4.39 Å². The highest BCUT2D eigenvalue weighted by Gasteiger charge is 2.39. The Kier molecular flexibility index (Phi) is 12.2. The molecule has 3 aliphatic heterocycles. The second kappa shape index (κ2) is 18.2. The molecule has 0 N–H and O–H groups in total. The van der Waals surface area contributed by atoms with Crippen LogP contribution in [-0.4, -0.2) is 88.3 Å². The molecule has 2 amide bonds. The summed E-state index contributed by atoms with van der Waals surface area (Å²) in [6.07, 6.45) is 7.68. The minimum atomic E-state index is -1.22. The molecule has 0 spiro atoms. The first kappa shape index (κ1) is 41.5. The Morgan fingerprint density at radius 3 is 1.82 bits per heavy atom. The van der Waals surface area contributed by atoms with Gasteiger partial charge in [0.05, 0.1) is 17.6 Å². The molecule has 5 unspecified atom stereocenters. The molecule has 62 heavy (non-hydrogen) atoms. The Morgan fingerprint density at radius 1 is 0.694 bits per heavy atom. The molecule has 4 aromatic carbocycles.